The Morgan fingerprint density at radius 3 is 0.979 bits per heavy atom. The first kappa shape index (κ1) is 113. The maximum atomic E-state index is 13.6. The van der Waals surface area contributed by atoms with Crippen LogP contribution in [0.15, 0.2) is 178 Å². The number of aliphatic imine (C=N–C) groups is 1. The number of halogens is 9. The first-order valence-corrected chi connectivity index (χ1v) is 57.1. The maximum absolute atomic E-state index is 13.6. The molecule has 6 fully saturated rings. The molecule has 0 aromatic heterocycles. The van der Waals surface area contributed by atoms with Gasteiger partial charge in [0.2, 0.25) is 6.19 Å². The number of benzene rings is 8. The zero-order chi connectivity index (χ0) is 99.9. The van der Waals surface area contributed by atoms with Gasteiger partial charge in [-0.1, -0.05) is 75.9 Å². The van der Waals surface area contributed by atoms with E-state index in [-0.39, 0.29) is 95.3 Å². The number of hydroxylamine groups is 1. The molecule has 8 aromatic carbocycles. The summed E-state index contributed by atoms with van der Waals surface area (Å²) in [5.41, 5.74) is 8.01. The predicted molar refractivity (Wildman–Crippen MR) is 548 cm³/mol. The zero-order valence-electron chi connectivity index (χ0n) is 79.8. The number of aldehydes is 1. The molecule has 6 saturated heterocycles. The third kappa shape index (κ3) is 35.0. The van der Waals surface area contributed by atoms with Gasteiger partial charge in [-0.2, -0.15) is 10.3 Å². The third-order valence-electron chi connectivity index (χ3n) is 24.3. The molecule has 1 unspecified atom stereocenters. The number of Topliss-reactive ketones (excluding diaryl/α,β-unsaturated/α-hetero) is 5. The molecule has 752 valence electrons. The Bertz CT molecular complexity index is 5410. The van der Waals surface area contributed by atoms with Crippen molar-refractivity contribution in [1.82, 2.24) is 5.48 Å². The average Bonchev–Trinajstić information content (AvgIpc) is 0.769. The Balaban J connectivity index is 0.000000168. The minimum atomic E-state index is -1.31. The van der Waals surface area contributed by atoms with Crippen molar-refractivity contribution >= 4 is 140 Å². The number of nitriles is 1. The van der Waals surface area contributed by atoms with Gasteiger partial charge in [0, 0.05) is 150 Å². The number of carbonyl (C=O) groups excluding carboxylic acids is 6. The first-order valence-electron chi connectivity index (χ1n) is 47.0. The van der Waals surface area contributed by atoms with Gasteiger partial charge in [-0.3, -0.25) is 33.3 Å². The Morgan fingerprint density at radius 2 is 0.700 bits per heavy atom. The number of ether oxygens (including phenoxy) is 11. The highest BCUT2D eigenvalue weighted by molar-refractivity contribution is 9.11. The van der Waals surface area contributed by atoms with Gasteiger partial charge in [0.15, 0.2) is 45.4 Å². The highest BCUT2D eigenvalue weighted by Gasteiger charge is 2.40. The summed E-state index contributed by atoms with van der Waals surface area (Å²) in [5, 5.41) is 25.6. The van der Waals surface area contributed by atoms with Crippen LogP contribution >= 0.6 is 76.1 Å². The number of fused-ring (bicyclic) bond motifs is 5. The number of hydrogen-bond donors (Lipinski definition) is 3. The third-order valence-corrected chi connectivity index (χ3v) is 27.8. The largest absolute Gasteiger partial charge is 0.507 e. The van der Waals surface area contributed by atoms with Crippen LogP contribution < -0.4 is 29.2 Å². The van der Waals surface area contributed by atoms with Crippen LogP contribution in [0.4, 0.5) is 17.6 Å². The first-order chi connectivity index (χ1) is 66.6. The summed E-state index contributed by atoms with van der Waals surface area (Å²) in [6.07, 6.45) is 17.2. The van der Waals surface area contributed by atoms with Crippen LogP contribution in [-0.4, -0.2) is 191 Å². The van der Waals surface area contributed by atoms with Crippen LogP contribution in [0.5, 0.6) is 34.5 Å². The predicted octanol–water partition coefficient (Wildman–Crippen LogP) is 24.3. The number of phenolic OH excluding ortho intramolecular Hbond substituents is 1. The van der Waals surface area contributed by atoms with Crippen molar-refractivity contribution in [2.24, 2.45) is 49.8 Å². The molecular weight excluding hydrogens is 2120 g/mol. The lowest BCUT2D eigenvalue weighted by Crippen LogP contribution is -2.38. The molecule has 0 radical (unpaired) electrons. The molecule has 140 heavy (non-hydrogen) atoms. The summed E-state index contributed by atoms with van der Waals surface area (Å²) in [4.78, 5) is 73.9. The second-order valence-electron chi connectivity index (χ2n) is 37.4. The highest BCUT2D eigenvalue weighted by atomic mass is 79.9. The number of nitrogens with zero attached hydrogens (tertiary/aromatic N) is 4. The molecule has 19 rings (SSSR count). The van der Waals surface area contributed by atoms with Crippen molar-refractivity contribution in [3.63, 3.8) is 0 Å². The van der Waals surface area contributed by atoms with Crippen molar-refractivity contribution in [2.75, 3.05) is 86.3 Å². The SMILES string of the molecule is CC(=O)c1cc(Br)ccc1O.CNO.C[Si](C)(C)N=C=N[Si](C)(C)C.Cl.N#CN=C1C[C@@H]([C@H]2CCCOC2)Oc2ccc(-c3cc(F)cc(F)c3)cc21.O=C1C[C@@H]([C@@H]2CCCOC2)Oc2ccc(Br)cc21.O=C1C[C@@H]([C@H]2CCCOC2)Oc2ccc(-c3cc(F)cc(F)c3)cc21.O=C1C[C@@H]([C@H]2CCCOC2)Oc2ccc(Br)cc21.O=C1C[C@@H]([C@H]2CCCOC2)Oc2ccc(Br)cc21.O=CC1CCCOC1. The lowest BCUT2D eigenvalue weighted by atomic mass is 9.87. The van der Waals surface area contributed by atoms with Crippen LogP contribution in [0.3, 0.4) is 0 Å². The van der Waals surface area contributed by atoms with E-state index in [1.165, 1.54) is 44.3 Å². The number of nitrogens with one attached hydrogen (secondary N) is 1. The van der Waals surface area contributed by atoms with Crippen molar-refractivity contribution < 1.29 is 109 Å². The standard InChI is InChI=1S/C21H18F2N2O2.C20H18F2O3.3C14H15BrO3.C8H7BrO2.C7H18N2Si2.C6H10O2.CH5NO.ClH/c22-16-6-15(7-17(23)9-16)13-3-4-20-18(8-13)19(25-12-24)10-21(27-20)14-2-1-5-26-11-14;21-15-6-14(7-16(22)9-15)12-3-4-19-17(8-12)18(23)10-20(25-19)13-2-1-5-24-11-13;3*15-10-3-4-13-11(6-10)12(16)7-14(18-13)9-2-1-5-17-8-9;1-5(10)7-4-6(9)2-3-8(7)11;1-10(2,3)8-7-9-11(4,5)6;7-4-6-2-1-3-8-5-6;1-2-3;/h3-4,6-9,14,21H,1-2,5,10-11H2;3-4,6-9,13,20H,1-2,5,10-11H2;3*3-4,6,9,14H,1-2,5,7-8H2;2-4,11H,1H3;1-6H3;4,6H,1-3,5H2;2-3H,1H3;1H/t14-,21-;13-,20-;9-,14+;2*9-,14-;;;;;/m00100...../s1. The summed E-state index contributed by atoms with van der Waals surface area (Å²) in [6.45, 7) is 23.4. The van der Waals surface area contributed by atoms with Crippen LogP contribution in [0.25, 0.3) is 22.3 Å². The number of phenols is 1. The Hall–Kier alpha value is -8.84. The Labute approximate surface area is 857 Å². The lowest BCUT2D eigenvalue weighted by molar-refractivity contribution is -0.114. The Kier molecular flexibility index (Phi) is 45.1. The number of aromatic hydroxyl groups is 1. The fraction of sp³-hybridized carbons (Fsp3) is 0.457. The van der Waals surface area contributed by atoms with Gasteiger partial charge in [-0.15, -0.1) is 12.4 Å². The molecule has 0 bridgehead atoms. The molecular formula is C105H122Br4ClF4N5O19Si2. The number of ketones is 5. The topological polar surface area (TPSA) is 317 Å². The van der Waals surface area contributed by atoms with Crippen LogP contribution in [0.2, 0.25) is 39.3 Å². The van der Waals surface area contributed by atoms with Crippen LogP contribution in [0, 0.1) is 70.2 Å². The molecule has 0 amide bonds. The van der Waals surface area contributed by atoms with E-state index in [1.54, 1.807) is 54.0 Å². The molecule has 24 nitrogen and oxygen atoms in total. The molecule has 11 heterocycles. The smallest absolute Gasteiger partial charge is 0.205 e. The van der Waals surface area contributed by atoms with Gasteiger partial charge >= 0.3 is 0 Å². The Morgan fingerprint density at radius 1 is 0.414 bits per heavy atom. The maximum Gasteiger partial charge on any atom is 0.205 e. The summed E-state index contributed by atoms with van der Waals surface area (Å²) >= 11 is 13.3. The quantitative estimate of drug-likeness (QED) is 0.0206. The molecule has 0 spiro atoms. The molecule has 11 aliphatic rings. The van der Waals surface area contributed by atoms with Crippen LogP contribution in [-0.2, 0) is 33.2 Å². The van der Waals surface area contributed by atoms with E-state index in [0.717, 1.165) is 153 Å². The fourth-order valence-corrected chi connectivity index (χ4v) is 19.5. The van der Waals surface area contributed by atoms with Gasteiger partial charge in [0.05, 0.1) is 79.2 Å². The van der Waals surface area contributed by atoms with E-state index < -0.39 is 39.7 Å². The van der Waals surface area contributed by atoms with Gasteiger partial charge in [-0.25, -0.2) is 23.0 Å². The fourth-order valence-electron chi connectivity index (χ4n) is 17.2. The van der Waals surface area contributed by atoms with E-state index >= 15 is 0 Å². The van der Waals surface area contributed by atoms with E-state index in [2.05, 4.69) is 123 Å². The second-order valence-corrected chi connectivity index (χ2v) is 50.2. The molecule has 0 saturated carbocycles. The lowest BCUT2D eigenvalue weighted by Gasteiger charge is -2.34. The normalized spacial score (nSPS) is 22.8. The average molecular weight is 2250 g/mol. The van der Waals surface area contributed by atoms with Crippen molar-refractivity contribution in [3.05, 3.63) is 220 Å². The minimum absolute atomic E-state index is 0. The molecule has 11 atom stereocenters. The zero-order valence-corrected chi connectivity index (χ0v) is 89.0. The van der Waals surface area contributed by atoms with E-state index in [0.29, 0.717) is 180 Å². The highest BCUT2D eigenvalue weighted by Crippen LogP contribution is 2.43. The monoisotopic (exact) mass is 2240 g/mol. The van der Waals surface area contributed by atoms with E-state index in [9.17, 15) is 46.3 Å². The number of rotatable bonds is 11. The number of carbonyl (C=O) groups is 6. The summed E-state index contributed by atoms with van der Waals surface area (Å²) in [6, 6.07) is 41.6. The van der Waals surface area contributed by atoms with Gasteiger partial charge < -0.3 is 67.2 Å². The van der Waals surface area contributed by atoms with Crippen molar-refractivity contribution in [1.29, 1.82) is 5.26 Å². The summed E-state index contributed by atoms with van der Waals surface area (Å²) in [7, 11) is -1.20. The van der Waals surface area contributed by atoms with E-state index in [1.807, 2.05) is 60.8 Å². The molecule has 8 aromatic rings. The van der Waals surface area contributed by atoms with Gasteiger partial charge in [0.25, 0.3) is 0 Å². The minimum Gasteiger partial charge on any atom is -0.507 e. The summed E-state index contributed by atoms with van der Waals surface area (Å²) < 4.78 is 129. The van der Waals surface area contributed by atoms with Crippen LogP contribution in [0.1, 0.15) is 173 Å². The molecule has 35 heteroatoms. The van der Waals surface area contributed by atoms with E-state index in [4.69, 9.17) is 67.7 Å². The summed E-state index contributed by atoms with van der Waals surface area (Å²) in [5.74, 6) is 2.86. The molecule has 11 aliphatic heterocycles. The van der Waals surface area contributed by atoms with Crippen molar-refractivity contribution in [3.8, 4) is 62.9 Å². The second kappa shape index (κ2) is 55.9. The number of hydrogen-bond acceptors (Lipinski definition) is 24. The van der Waals surface area contributed by atoms with Gasteiger partial charge in [-0.05, 0) is 267 Å². The molecule has 3 N–H and O–H groups in total. The van der Waals surface area contributed by atoms with Crippen molar-refractivity contribution in [2.45, 2.75) is 186 Å². The molecule has 0 aliphatic carbocycles. The van der Waals surface area contributed by atoms with Gasteiger partial charge in [0.1, 0.15) is 94.6 Å².